The van der Waals surface area contributed by atoms with Gasteiger partial charge in [0.15, 0.2) is 0 Å². The molecule has 4 heterocycles. The van der Waals surface area contributed by atoms with Crippen LogP contribution < -0.4 is 4.74 Å². The van der Waals surface area contributed by atoms with Crippen molar-refractivity contribution in [1.82, 2.24) is 14.5 Å². The summed E-state index contributed by atoms with van der Waals surface area (Å²) in [5.41, 5.74) is 14.5. The maximum Gasteiger partial charge on any atom is 0.130 e. The van der Waals surface area contributed by atoms with Gasteiger partial charge < -0.3 is 14.2 Å². The summed E-state index contributed by atoms with van der Waals surface area (Å²) in [7, 11) is 0. The fraction of sp³-hybridized carbons (Fsp3) is 0.226. The quantitative estimate of drug-likeness (QED) is 0.168. The second-order valence-electron chi connectivity index (χ2n) is 16.8. The second-order valence-corrected chi connectivity index (χ2v) is 16.8. The number of hydrogen-bond donors (Lipinski definition) is 0. The molecule has 278 valence electrons. The molecule has 0 N–H and O–H groups in total. The molecule has 4 heteroatoms. The van der Waals surface area contributed by atoms with Crippen molar-refractivity contribution in [3.63, 3.8) is 0 Å². The maximum atomic E-state index is 6.28. The number of nitrogens with zero attached hydrogens (tertiary/aromatic N) is 3. The molecule has 0 spiro atoms. The third-order valence-corrected chi connectivity index (χ3v) is 13.7. The van der Waals surface area contributed by atoms with E-state index < -0.39 is 0 Å². The van der Waals surface area contributed by atoms with Crippen molar-refractivity contribution in [2.75, 3.05) is 0 Å². The first kappa shape index (κ1) is 33.1. The molecule has 2 aromatic heterocycles. The number of aryl methyl sites for hydroxylation is 1. The maximum absolute atomic E-state index is 6.28. The predicted octanol–water partition coefficient (Wildman–Crippen LogP) is 12.2. The van der Waals surface area contributed by atoms with Gasteiger partial charge in [-0.3, -0.25) is 4.98 Å². The van der Waals surface area contributed by atoms with Crippen molar-refractivity contribution in [3.05, 3.63) is 198 Å². The van der Waals surface area contributed by atoms with Crippen LogP contribution in [-0.4, -0.2) is 26.5 Å². The smallest absolute Gasteiger partial charge is 0.130 e. The van der Waals surface area contributed by atoms with Crippen molar-refractivity contribution in [3.8, 4) is 22.6 Å². The lowest BCUT2D eigenvalue weighted by Gasteiger charge is -2.36. The summed E-state index contributed by atoms with van der Waals surface area (Å²) in [5.74, 6) is 3.70. The normalized spacial score (nSPS) is 26.2. The van der Waals surface area contributed by atoms with Gasteiger partial charge in [-0.1, -0.05) is 97.2 Å². The van der Waals surface area contributed by atoms with Crippen LogP contribution in [0.1, 0.15) is 71.9 Å². The van der Waals surface area contributed by atoms with Crippen LogP contribution >= 0.6 is 0 Å². The molecule has 3 aromatic carbocycles. The van der Waals surface area contributed by atoms with E-state index >= 15 is 0 Å². The number of hydrogen-bond acceptors (Lipinski definition) is 3. The zero-order valence-electron chi connectivity index (χ0n) is 32.0. The number of benzene rings is 3. The van der Waals surface area contributed by atoms with E-state index in [2.05, 4.69) is 160 Å². The van der Waals surface area contributed by atoms with Crippen LogP contribution in [0.2, 0.25) is 0 Å². The molecule has 5 aromatic rings. The van der Waals surface area contributed by atoms with Crippen LogP contribution in [0.25, 0.3) is 39.4 Å². The van der Waals surface area contributed by atoms with E-state index in [4.69, 9.17) is 4.74 Å². The van der Waals surface area contributed by atoms with Gasteiger partial charge in [-0.25, -0.2) is 0 Å². The fourth-order valence-electron chi connectivity index (χ4n) is 11.0. The Balaban J connectivity index is 0.919. The molecule has 0 amide bonds. The summed E-state index contributed by atoms with van der Waals surface area (Å²) in [6.45, 7) is 0. The predicted molar refractivity (Wildman–Crippen MR) is 232 cm³/mol. The van der Waals surface area contributed by atoms with E-state index in [-0.39, 0.29) is 5.92 Å². The van der Waals surface area contributed by atoms with E-state index in [1.165, 1.54) is 73.4 Å². The van der Waals surface area contributed by atoms with Crippen molar-refractivity contribution >= 4 is 22.6 Å². The molecule has 1 fully saturated rings. The molecule has 0 bridgehead atoms. The Morgan fingerprint density at radius 1 is 0.754 bits per heavy atom. The summed E-state index contributed by atoms with van der Waals surface area (Å²) in [6, 6.07) is 28.0. The first-order valence-electron chi connectivity index (χ1n) is 21.0. The molecule has 6 unspecified atom stereocenters. The van der Waals surface area contributed by atoms with Gasteiger partial charge >= 0.3 is 0 Å². The lowest BCUT2D eigenvalue weighted by Crippen LogP contribution is -2.37. The highest BCUT2D eigenvalue weighted by atomic mass is 16.5. The highest BCUT2D eigenvalue weighted by molar-refractivity contribution is 5.94. The number of likely N-dealkylation sites (tertiary alicyclic amines) is 1. The minimum absolute atomic E-state index is 0.286. The summed E-state index contributed by atoms with van der Waals surface area (Å²) in [4.78, 5) is 7.22. The topological polar surface area (TPSA) is 30.3 Å². The van der Waals surface area contributed by atoms with Crippen LogP contribution in [0.5, 0.6) is 5.75 Å². The van der Waals surface area contributed by atoms with Gasteiger partial charge in [-0.2, -0.15) is 0 Å². The molecule has 0 saturated carbocycles. The highest BCUT2D eigenvalue weighted by Crippen LogP contribution is 2.51. The lowest BCUT2D eigenvalue weighted by molar-refractivity contribution is 0.283. The monoisotopic (exact) mass is 739 g/mol. The van der Waals surface area contributed by atoms with Gasteiger partial charge in [0.1, 0.15) is 11.5 Å². The number of fused-ring (bicyclic) bond motifs is 9. The molecule has 6 atom stereocenters. The molecule has 5 aliphatic carbocycles. The zero-order chi connectivity index (χ0) is 37.5. The molecule has 2 aliphatic heterocycles. The van der Waals surface area contributed by atoms with E-state index in [0.29, 0.717) is 29.8 Å². The van der Waals surface area contributed by atoms with Crippen LogP contribution in [-0.2, 0) is 6.42 Å². The largest absolute Gasteiger partial charge is 0.461 e. The second kappa shape index (κ2) is 13.2. The minimum Gasteiger partial charge on any atom is -0.461 e. The van der Waals surface area contributed by atoms with Gasteiger partial charge in [0.05, 0.1) is 23.5 Å². The molecule has 4 nitrogen and oxygen atoms in total. The Bertz CT molecular complexity index is 2710. The summed E-state index contributed by atoms with van der Waals surface area (Å²) in [6.07, 6.45) is 41.3. The van der Waals surface area contributed by atoms with Crippen LogP contribution in [0, 0.1) is 11.8 Å². The summed E-state index contributed by atoms with van der Waals surface area (Å²) >= 11 is 0. The third kappa shape index (κ3) is 5.37. The SMILES string of the molecule is C1=CC2C3C=C(c4ccc5c(c4)c4c(n5-c5cc(-c6cccnc6)cc(C6CC=CCC6)c5)C=CCC4)C=CC3N(C3=CC=C4Oc5ccccc5C4C3)C2C=C1. The van der Waals surface area contributed by atoms with Crippen LogP contribution in [0.15, 0.2) is 170 Å². The first-order valence-corrected chi connectivity index (χ1v) is 21.0. The van der Waals surface area contributed by atoms with E-state index in [1.54, 1.807) is 0 Å². The van der Waals surface area contributed by atoms with Crippen molar-refractivity contribution < 1.29 is 4.74 Å². The summed E-state index contributed by atoms with van der Waals surface area (Å²) in [5, 5.41) is 1.37. The van der Waals surface area contributed by atoms with E-state index in [1.807, 2.05) is 18.5 Å². The average Bonchev–Trinajstić information content (AvgIpc) is 3.94. The third-order valence-electron chi connectivity index (χ3n) is 13.7. The van der Waals surface area contributed by atoms with Gasteiger partial charge in [0.2, 0.25) is 0 Å². The Morgan fingerprint density at radius 2 is 1.70 bits per heavy atom. The van der Waals surface area contributed by atoms with Crippen molar-refractivity contribution in [2.24, 2.45) is 11.8 Å². The van der Waals surface area contributed by atoms with Crippen LogP contribution in [0.3, 0.4) is 0 Å². The Labute approximate surface area is 334 Å². The average molecular weight is 740 g/mol. The van der Waals surface area contributed by atoms with Gasteiger partial charge in [-0.15, -0.1) is 0 Å². The lowest BCUT2D eigenvalue weighted by atomic mass is 9.80. The van der Waals surface area contributed by atoms with Crippen molar-refractivity contribution in [1.29, 1.82) is 0 Å². The van der Waals surface area contributed by atoms with Gasteiger partial charge in [0, 0.05) is 64.2 Å². The van der Waals surface area contributed by atoms with E-state index in [0.717, 1.165) is 43.6 Å². The molecule has 0 radical (unpaired) electrons. The van der Waals surface area contributed by atoms with E-state index in [9.17, 15) is 0 Å². The number of aromatic nitrogens is 2. The number of allylic oxidation sites excluding steroid dienone is 11. The Hall–Kier alpha value is -6.13. The highest BCUT2D eigenvalue weighted by Gasteiger charge is 2.48. The number of ether oxygens (including phenoxy) is 1. The molecular formula is C53H45N3O. The molecular weight excluding hydrogens is 695 g/mol. The van der Waals surface area contributed by atoms with Gasteiger partial charge in [0.25, 0.3) is 0 Å². The van der Waals surface area contributed by atoms with Crippen LogP contribution in [0.4, 0.5) is 0 Å². The first-order chi connectivity index (χ1) is 28.2. The van der Waals surface area contributed by atoms with Gasteiger partial charge in [-0.05, 0) is 120 Å². The fourth-order valence-corrected chi connectivity index (χ4v) is 11.0. The molecule has 1 saturated heterocycles. The Kier molecular flexibility index (Phi) is 7.67. The molecule has 7 aliphatic rings. The number of rotatable bonds is 5. The number of pyridine rings is 1. The zero-order valence-corrected chi connectivity index (χ0v) is 32.0. The number of para-hydroxylation sites is 1. The standard InChI is InChI=1S/C53H45N3O/c1-2-11-34(12-3-1)38-27-39(37-13-10-26-54-33-37)29-41(28-38)56-49-18-8-5-15-43(49)46-31-36(21-24-51(46)56)35-20-23-50-45(30-35)42-14-4-7-17-48(42)55(50)40-22-25-53-47(32-40)44-16-6-9-19-52(44)57-53/h1-2,4,6-10,13-14,16-31,33-34,42,45,47-48,50H,3,5,11-12,15,32H2. The minimum atomic E-state index is 0.286. The molecule has 57 heavy (non-hydrogen) atoms. The summed E-state index contributed by atoms with van der Waals surface area (Å²) < 4.78 is 8.82. The Morgan fingerprint density at radius 3 is 2.63 bits per heavy atom. The van der Waals surface area contributed by atoms with Crippen molar-refractivity contribution in [2.45, 2.75) is 62.4 Å². The molecule has 12 rings (SSSR count).